The van der Waals surface area contributed by atoms with Gasteiger partial charge in [0, 0.05) is 17.7 Å². The van der Waals surface area contributed by atoms with E-state index in [-0.39, 0.29) is 0 Å². The van der Waals surface area contributed by atoms with E-state index in [1.807, 2.05) is 12.3 Å². The second-order valence-corrected chi connectivity index (χ2v) is 5.11. The van der Waals surface area contributed by atoms with Crippen molar-refractivity contribution in [1.29, 1.82) is 0 Å². The maximum absolute atomic E-state index is 5.84. The maximum atomic E-state index is 5.84. The van der Waals surface area contributed by atoms with Gasteiger partial charge >= 0.3 is 0 Å². The topological polar surface area (TPSA) is 43.8 Å². The molecule has 94 valence electrons. The van der Waals surface area contributed by atoms with Crippen LogP contribution in [0.15, 0.2) is 36.5 Å². The number of benzene rings is 1. The summed E-state index contributed by atoms with van der Waals surface area (Å²) in [6.07, 6.45) is 4.57. The summed E-state index contributed by atoms with van der Waals surface area (Å²) >= 11 is 0. The summed E-state index contributed by atoms with van der Waals surface area (Å²) in [4.78, 5) is 0. The number of hydrogen-bond donors (Lipinski definition) is 1. The molecule has 1 atom stereocenters. The van der Waals surface area contributed by atoms with E-state index in [9.17, 15) is 0 Å². The van der Waals surface area contributed by atoms with Crippen LogP contribution in [0, 0.1) is 5.92 Å². The van der Waals surface area contributed by atoms with Crippen LogP contribution < -0.4 is 5.73 Å². The highest BCUT2D eigenvalue weighted by molar-refractivity contribution is 5.63. The van der Waals surface area contributed by atoms with E-state index >= 15 is 0 Å². The van der Waals surface area contributed by atoms with E-state index in [1.54, 1.807) is 0 Å². The summed E-state index contributed by atoms with van der Waals surface area (Å²) in [5.74, 6) is 0.790. The number of nitrogens with two attached hydrogens (primary N) is 1. The Morgan fingerprint density at radius 1 is 1.33 bits per heavy atom. The predicted octanol–water partition coefficient (Wildman–Crippen LogP) is 2.98. The summed E-state index contributed by atoms with van der Waals surface area (Å²) in [6, 6.07) is 10.9. The molecule has 1 unspecified atom stereocenters. The molecule has 1 fully saturated rings. The number of nitrogens with zero attached hydrogens (tertiary/aromatic N) is 2. The second kappa shape index (κ2) is 4.58. The Labute approximate surface area is 108 Å². The fourth-order valence-electron chi connectivity index (χ4n) is 2.55. The fraction of sp³-hybridized carbons (Fsp3) is 0.400. The highest BCUT2D eigenvalue weighted by atomic mass is 15.3. The average Bonchev–Trinajstić information content (AvgIpc) is 3.17. The molecule has 2 aromatic rings. The lowest BCUT2D eigenvalue weighted by atomic mass is 10.1. The molecule has 1 aromatic carbocycles. The van der Waals surface area contributed by atoms with Gasteiger partial charge in [-0.15, -0.1) is 0 Å². The van der Waals surface area contributed by atoms with Gasteiger partial charge in [-0.05, 0) is 25.7 Å². The van der Waals surface area contributed by atoms with Crippen LogP contribution in [0.3, 0.4) is 0 Å². The van der Waals surface area contributed by atoms with Gasteiger partial charge in [-0.1, -0.05) is 30.3 Å². The zero-order valence-electron chi connectivity index (χ0n) is 10.7. The van der Waals surface area contributed by atoms with Crippen molar-refractivity contribution in [1.82, 2.24) is 9.78 Å². The Morgan fingerprint density at radius 3 is 2.67 bits per heavy atom. The van der Waals surface area contributed by atoms with E-state index in [0.717, 1.165) is 11.5 Å². The summed E-state index contributed by atoms with van der Waals surface area (Å²) in [5.41, 5.74) is 9.38. The molecular formula is C15H19N3. The summed E-state index contributed by atoms with van der Waals surface area (Å²) < 4.78 is 2.16. The van der Waals surface area contributed by atoms with Gasteiger partial charge < -0.3 is 5.73 Å². The first-order chi connectivity index (χ1) is 8.81. The van der Waals surface area contributed by atoms with Crippen LogP contribution in [0.25, 0.3) is 11.3 Å². The van der Waals surface area contributed by atoms with Gasteiger partial charge in [-0.2, -0.15) is 5.10 Å². The van der Waals surface area contributed by atoms with Gasteiger partial charge in [0.05, 0.1) is 17.9 Å². The van der Waals surface area contributed by atoms with Gasteiger partial charge in [0.1, 0.15) is 0 Å². The van der Waals surface area contributed by atoms with Crippen molar-refractivity contribution in [3.05, 3.63) is 42.1 Å². The molecule has 3 rings (SSSR count). The lowest BCUT2D eigenvalue weighted by molar-refractivity contribution is 0.444. The van der Waals surface area contributed by atoms with Crippen molar-refractivity contribution in [2.24, 2.45) is 11.7 Å². The predicted molar refractivity (Wildman–Crippen MR) is 73.0 cm³/mol. The van der Waals surface area contributed by atoms with Gasteiger partial charge in [0.2, 0.25) is 0 Å². The third kappa shape index (κ3) is 1.95. The van der Waals surface area contributed by atoms with E-state index in [2.05, 4.69) is 41.0 Å². The van der Waals surface area contributed by atoms with Crippen LogP contribution in [0.4, 0.5) is 0 Å². The van der Waals surface area contributed by atoms with E-state index in [4.69, 9.17) is 5.73 Å². The highest BCUT2D eigenvalue weighted by Crippen LogP contribution is 2.41. The lowest BCUT2D eigenvalue weighted by Gasteiger charge is -2.16. The minimum Gasteiger partial charge on any atom is -0.326 e. The van der Waals surface area contributed by atoms with Crippen LogP contribution in [-0.4, -0.2) is 9.78 Å². The van der Waals surface area contributed by atoms with Crippen molar-refractivity contribution >= 4 is 0 Å². The Hall–Kier alpha value is -1.61. The average molecular weight is 241 g/mol. The lowest BCUT2D eigenvalue weighted by Crippen LogP contribution is -2.11. The van der Waals surface area contributed by atoms with Crippen molar-refractivity contribution in [2.45, 2.75) is 32.4 Å². The van der Waals surface area contributed by atoms with Crippen LogP contribution >= 0.6 is 0 Å². The van der Waals surface area contributed by atoms with Gasteiger partial charge in [0.15, 0.2) is 0 Å². The van der Waals surface area contributed by atoms with Crippen LogP contribution in [-0.2, 0) is 6.54 Å². The third-order valence-electron chi connectivity index (χ3n) is 3.83. The minimum absolute atomic E-state index is 0.473. The van der Waals surface area contributed by atoms with Crippen LogP contribution in [0.1, 0.15) is 31.4 Å². The number of hydrogen-bond acceptors (Lipinski definition) is 2. The molecule has 3 nitrogen and oxygen atoms in total. The summed E-state index contributed by atoms with van der Waals surface area (Å²) in [6.45, 7) is 2.80. The molecular weight excluding hydrogens is 222 g/mol. The molecule has 0 saturated heterocycles. The van der Waals surface area contributed by atoms with Crippen LogP contribution in [0.5, 0.6) is 0 Å². The molecule has 0 amide bonds. The summed E-state index contributed by atoms with van der Waals surface area (Å²) in [5, 5.41) is 4.56. The maximum Gasteiger partial charge on any atom is 0.0730 e. The first-order valence-corrected chi connectivity index (χ1v) is 6.63. The van der Waals surface area contributed by atoms with Crippen molar-refractivity contribution in [3.63, 3.8) is 0 Å². The molecule has 2 N–H and O–H groups in total. The standard InChI is InChI=1S/C15H19N3/c1-11(12-7-8-12)18-15(14(9-16)10-17-18)13-5-3-2-4-6-13/h2-6,10-12H,7-9,16H2,1H3. The molecule has 1 aromatic heterocycles. The SMILES string of the molecule is CC(C1CC1)n1ncc(CN)c1-c1ccccc1. The number of aromatic nitrogens is 2. The van der Waals surface area contributed by atoms with Crippen molar-refractivity contribution < 1.29 is 0 Å². The fourth-order valence-corrected chi connectivity index (χ4v) is 2.55. The molecule has 0 aliphatic heterocycles. The quantitative estimate of drug-likeness (QED) is 0.894. The largest absolute Gasteiger partial charge is 0.326 e. The Balaban J connectivity index is 2.07. The third-order valence-corrected chi connectivity index (χ3v) is 3.83. The van der Waals surface area contributed by atoms with Crippen molar-refractivity contribution in [3.8, 4) is 11.3 Å². The smallest absolute Gasteiger partial charge is 0.0730 e. The highest BCUT2D eigenvalue weighted by Gasteiger charge is 2.31. The first-order valence-electron chi connectivity index (χ1n) is 6.63. The zero-order valence-corrected chi connectivity index (χ0v) is 10.7. The molecule has 18 heavy (non-hydrogen) atoms. The van der Waals surface area contributed by atoms with Gasteiger partial charge in [0.25, 0.3) is 0 Å². The van der Waals surface area contributed by atoms with E-state index < -0.39 is 0 Å². The molecule has 0 bridgehead atoms. The monoisotopic (exact) mass is 241 g/mol. The Morgan fingerprint density at radius 2 is 2.06 bits per heavy atom. The van der Waals surface area contributed by atoms with Gasteiger partial charge in [-0.3, -0.25) is 4.68 Å². The van der Waals surface area contributed by atoms with E-state index in [0.29, 0.717) is 12.6 Å². The van der Waals surface area contributed by atoms with Crippen LogP contribution in [0.2, 0.25) is 0 Å². The molecule has 0 spiro atoms. The normalized spacial score (nSPS) is 16.8. The van der Waals surface area contributed by atoms with E-state index in [1.165, 1.54) is 24.1 Å². The molecule has 1 saturated carbocycles. The Kier molecular flexibility index (Phi) is 2.92. The summed E-state index contributed by atoms with van der Waals surface area (Å²) in [7, 11) is 0. The second-order valence-electron chi connectivity index (χ2n) is 5.11. The molecule has 1 aliphatic rings. The molecule has 1 heterocycles. The Bertz CT molecular complexity index is 526. The van der Waals surface area contributed by atoms with Gasteiger partial charge in [-0.25, -0.2) is 0 Å². The minimum atomic E-state index is 0.473. The zero-order chi connectivity index (χ0) is 12.5. The molecule has 1 aliphatic carbocycles. The molecule has 3 heteroatoms. The number of rotatable bonds is 4. The molecule has 0 radical (unpaired) electrons. The van der Waals surface area contributed by atoms with Crippen molar-refractivity contribution in [2.75, 3.05) is 0 Å². The first kappa shape index (κ1) is 11.5.